The molecule has 1 aliphatic rings. The van der Waals surface area contributed by atoms with Crippen LogP contribution < -0.4 is 4.74 Å². The first-order chi connectivity index (χ1) is 9.41. The molecule has 2 rings (SSSR count). The standard InChI is InChI=1S/C14H17NO5/c1-14(13(18)19)7-4-8-15(14)12(17)9-5-3-6-10(20-2)11(9)16/h3,5-6,16H,4,7-8H2,1-2H3,(H,18,19). The van der Waals surface area contributed by atoms with Crippen LogP contribution in [0.1, 0.15) is 30.1 Å². The summed E-state index contributed by atoms with van der Waals surface area (Å²) in [5, 5.41) is 19.3. The Labute approximate surface area is 116 Å². The number of amides is 1. The molecular weight excluding hydrogens is 262 g/mol. The number of hydrogen-bond donors (Lipinski definition) is 2. The molecule has 0 saturated carbocycles. The molecule has 0 spiro atoms. The maximum absolute atomic E-state index is 12.5. The van der Waals surface area contributed by atoms with Crippen LogP contribution in [0.2, 0.25) is 0 Å². The number of benzene rings is 1. The van der Waals surface area contributed by atoms with E-state index in [-0.39, 0.29) is 17.1 Å². The quantitative estimate of drug-likeness (QED) is 0.875. The second-order valence-corrected chi connectivity index (χ2v) is 5.00. The van der Waals surface area contributed by atoms with E-state index >= 15 is 0 Å². The number of carboxylic acid groups (broad SMARTS) is 1. The molecule has 0 aromatic heterocycles. The Balaban J connectivity index is 2.39. The van der Waals surface area contributed by atoms with Crippen molar-refractivity contribution in [1.29, 1.82) is 0 Å². The fourth-order valence-corrected chi connectivity index (χ4v) is 2.52. The molecule has 108 valence electrons. The minimum Gasteiger partial charge on any atom is -0.504 e. The van der Waals surface area contributed by atoms with Crippen LogP contribution in [0.15, 0.2) is 18.2 Å². The van der Waals surface area contributed by atoms with Crippen molar-refractivity contribution >= 4 is 11.9 Å². The van der Waals surface area contributed by atoms with E-state index in [0.717, 1.165) is 0 Å². The average Bonchev–Trinajstić information content (AvgIpc) is 2.82. The van der Waals surface area contributed by atoms with E-state index in [1.807, 2.05) is 0 Å². The fourth-order valence-electron chi connectivity index (χ4n) is 2.52. The van der Waals surface area contributed by atoms with E-state index in [9.17, 15) is 19.8 Å². The Hall–Kier alpha value is -2.24. The molecule has 0 bridgehead atoms. The summed E-state index contributed by atoms with van der Waals surface area (Å²) in [6.45, 7) is 1.88. The lowest BCUT2D eigenvalue weighted by Crippen LogP contribution is -2.50. The highest BCUT2D eigenvalue weighted by Crippen LogP contribution is 2.35. The summed E-state index contributed by atoms with van der Waals surface area (Å²) in [6, 6.07) is 4.58. The number of ether oxygens (including phenoxy) is 1. The SMILES string of the molecule is COc1cccc(C(=O)N2CCCC2(C)C(=O)O)c1O. The molecule has 6 heteroatoms. The van der Waals surface area contributed by atoms with Gasteiger partial charge in [-0.05, 0) is 31.9 Å². The zero-order chi connectivity index (χ0) is 14.9. The largest absolute Gasteiger partial charge is 0.504 e. The highest BCUT2D eigenvalue weighted by molar-refractivity contribution is 6.00. The van der Waals surface area contributed by atoms with Crippen molar-refractivity contribution in [3.05, 3.63) is 23.8 Å². The van der Waals surface area contributed by atoms with Crippen LogP contribution in [0.25, 0.3) is 0 Å². The molecule has 1 aromatic rings. The lowest BCUT2D eigenvalue weighted by Gasteiger charge is -2.31. The van der Waals surface area contributed by atoms with Gasteiger partial charge < -0.3 is 19.8 Å². The number of hydrogen-bond acceptors (Lipinski definition) is 4. The fraction of sp³-hybridized carbons (Fsp3) is 0.429. The minimum atomic E-state index is -1.23. The number of carbonyl (C=O) groups excluding carboxylic acids is 1. The van der Waals surface area contributed by atoms with Gasteiger partial charge in [0.05, 0.1) is 12.7 Å². The van der Waals surface area contributed by atoms with E-state index in [2.05, 4.69) is 0 Å². The third-order valence-corrected chi connectivity index (χ3v) is 3.80. The third kappa shape index (κ3) is 2.07. The molecule has 1 saturated heterocycles. The van der Waals surface area contributed by atoms with Crippen LogP contribution in [-0.4, -0.2) is 46.2 Å². The predicted molar refractivity (Wildman–Crippen MR) is 71.0 cm³/mol. The molecule has 6 nitrogen and oxygen atoms in total. The molecule has 1 atom stereocenters. The van der Waals surface area contributed by atoms with Gasteiger partial charge in [0.25, 0.3) is 5.91 Å². The Morgan fingerprint density at radius 3 is 2.70 bits per heavy atom. The van der Waals surface area contributed by atoms with Gasteiger partial charge in [-0.25, -0.2) is 4.79 Å². The van der Waals surface area contributed by atoms with Gasteiger partial charge in [0.15, 0.2) is 11.5 Å². The van der Waals surface area contributed by atoms with Crippen molar-refractivity contribution in [2.45, 2.75) is 25.3 Å². The summed E-state index contributed by atoms with van der Waals surface area (Å²) in [6.07, 6.45) is 1.03. The van der Waals surface area contributed by atoms with E-state index in [4.69, 9.17) is 4.74 Å². The van der Waals surface area contributed by atoms with E-state index in [0.29, 0.717) is 19.4 Å². The predicted octanol–water partition coefficient (Wildman–Crippen LogP) is 1.48. The Kier molecular flexibility index (Phi) is 3.57. The normalized spacial score (nSPS) is 21.8. The zero-order valence-corrected chi connectivity index (χ0v) is 11.4. The number of para-hydroxylation sites is 1. The Morgan fingerprint density at radius 1 is 1.40 bits per heavy atom. The monoisotopic (exact) mass is 279 g/mol. The second kappa shape index (κ2) is 5.03. The molecule has 1 aromatic carbocycles. The lowest BCUT2D eigenvalue weighted by molar-refractivity contribution is -0.147. The Bertz CT molecular complexity index is 556. The number of carboxylic acids is 1. The molecular formula is C14H17NO5. The number of aromatic hydroxyl groups is 1. The average molecular weight is 279 g/mol. The number of phenols is 1. The van der Waals surface area contributed by atoms with Crippen LogP contribution in [0.4, 0.5) is 0 Å². The molecule has 0 radical (unpaired) electrons. The number of methoxy groups -OCH3 is 1. The van der Waals surface area contributed by atoms with Crippen LogP contribution >= 0.6 is 0 Å². The second-order valence-electron chi connectivity index (χ2n) is 5.00. The van der Waals surface area contributed by atoms with Crippen molar-refractivity contribution in [1.82, 2.24) is 4.90 Å². The molecule has 1 amide bonds. The summed E-state index contributed by atoms with van der Waals surface area (Å²) in [7, 11) is 1.39. The first kappa shape index (κ1) is 14.2. The number of phenolic OH excluding ortho intramolecular Hbond substituents is 1. The van der Waals surface area contributed by atoms with Gasteiger partial charge in [-0.15, -0.1) is 0 Å². The summed E-state index contributed by atoms with van der Waals surface area (Å²) in [4.78, 5) is 25.2. The van der Waals surface area contributed by atoms with Gasteiger partial charge in [0.2, 0.25) is 0 Å². The van der Waals surface area contributed by atoms with Crippen LogP contribution in [0.3, 0.4) is 0 Å². The van der Waals surface area contributed by atoms with Crippen molar-refractivity contribution in [3.8, 4) is 11.5 Å². The van der Waals surface area contributed by atoms with E-state index in [1.165, 1.54) is 31.1 Å². The molecule has 20 heavy (non-hydrogen) atoms. The maximum Gasteiger partial charge on any atom is 0.329 e. The summed E-state index contributed by atoms with van der Waals surface area (Å²) >= 11 is 0. The Morgan fingerprint density at radius 2 is 2.10 bits per heavy atom. The number of aliphatic carboxylic acids is 1. The van der Waals surface area contributed by atoms with Crippen LogP contribution in [0.5, 0.6) is 11.5 Å². The van der Waals surface area contributed by atoms with E-state index in [1.54, 1.807) is 6.07 Å². The first-order valence-electron chi connectivity index (χ1n) is 6.33. The number of rotatable bonds is 3. The molecule has 1 fully saturated rings. The summed E-state index contributed by atoms with van der Waals surface area (Å²) < 4.78 is 4.96. The first-order valence-corrected chi connectivity index (χ1v) is 6.33. The van der Waals surface area contributed by atoms with Crippen LogP contribution in [0, 0.1) is 0 Å². The lowest BCUT2D eigenvalue weighted by atomic mass is 9.98. The zero-order valence-electron chi connectivity index (χ0n) is 11.4. The van der Waals surface area contributed by atoms with Gasteiger partial charge in [-0.2, -0.15) is 0 Å². The van der Waals surface area contributed by atoms with Gasteiger partial charge in [0.1, 0.15) is 5.54 Å². The molecule has 0 aliphatic carbocycles. The molecule has 1 aliphatic heterocycles. The van der Waals surface area contributed by atoms with Crippen molar-refractivity contribution in [2.75, 3.05) is 13.7 Å². The number of carbonyl (C=O) groups is 2. The number of nitrogens with zero attached hydrogens (tertiary/aromatic N) is 1. The van der Waals surface area contributed by atoms with Crippen molar-refractivity contribution < 1.29 is 24.5 Å². The van der Waals surface area contributed by atoms with Crippen molar-refractivity contribution in [2.24, 2.45) is 0 Å². The molecule has 1 unspecified atom stereocenters. The summed E-state index contributed by atoms with van der Waals surface area (Å²) in [5.74, 6) is -1.61. The highest BCUT2D eigenvalue weighted by atomic mass is 16.5. The smallest absolute Gasteiger partial charge is 0.329 e. The van der Waals surface area contributed by atoms with Gasteiger partial charge >= 0.3 is 5.97 Å². The van der Waals surface area contributed by atoms with Crippen LogP contribution in [-0.2, 0) is 4.79 Å². The third-order valence-electron chi connectivity index (χ3n) is 3.80. The van der Waals surface area contributed by atoms with Gasteiger partial charge in [-0.1, -0.05) is 6.07 Å². The molecule has 1 heterocycles. The highest BCUT2D eigenvalue weighted by Gasteiger charge is 2.46. The summed E-state index contributed by atoms with van der Waals surface area (Å²) in [5.41, 5.74) is -1.18. The molecule has 2 N–H and O–H groups in total. The van der Waals surface area contributed by atoms with Crippen molar-refractivity contribution in [3.63, 3.8) is 0 Å². The van der Waals surface area contributed by atoms with E-state index < -0.39 is 17.4 Å². The topological polar surface area (TPSA) is 87.1 Å². The maximum atomic E-state index is 12.5. The van der Waals surface area contributed by atoms with Gasteiger partial charge in [0, 0.05) is 6.54 Å². The minimum absolute atomic E-state index is 0.0544. The van der Waals surface area contributed by atoms with Gasteiger partial charge in [-0.3, -0.25) is 4.79 Å². The number of likely N-dealkylation sites (tertiary alicyclic amines) is 1.